The molecule has 3 amide bonds. The smallest absolute Gasteiger partial charge is 0.318 e. The number of rotatable bonds is 6. The van der Waals surface area contributed by atoms with Crippen LogP contribution in [0, 0.1) is 0 Å². The molecule has 1 aliphatic rings. The van der Waals surface area contributed by atoms with Gasteiger partial charge in [0.15, 0.2) is 0 Å². The second-order valence-corrected chi connectivity index (χ2v) is 6.78. The number of amides is 3. The summed E-state index contributed by atoms with van der Waals surface area (Å²) in [5, 5.41) is 7.04. The van der Waals surface area contributed by atoms with E-state index in [1.54, 1.807) is 27.9 Å². The Morgan fingerprint density at radius 3 is 2.70 bits per heavy atom. The fraction of sp³-hybridized carbons (Fsp3) is 0.474. The number of nitrogens with zero attached hydrogens (tertiary/aromatic N) is 5. The van der Waals surface area contributed by atoms with Crippen LogP contribution in [0.1, 0.15) is 31.7 Å². The molecule has 1 fully saturated rings. The molecule has 0 spiro atoms. The highest BCUT2D eigenvalue weighted by Gasteiger charge is 2.35. The van der Waals surface area contributed by atoms with Gasteiger partial charge in [-0.05, 0) is 24.1 Å². The zero-order valence-corrected chi connectivity index (χ0v) is 15.8. The van der Waals surface area contributed by atoms with Gasteiger partial charge in [0, 0.05) is 26.7 Å². The van der Waals surface area contributed by atoms with Gasteiger partial charge in [-0.25, -0.2) is 14.5 Å². The number of benzene rings is 1. The van der Waals surface area contributed by atoms with Gasteiger partial charge in [-0.2, -0.15) is 5.10 Å². The van der Waals surface area contributed by atoms with Crippen LogP contribution in [0.5, 0.6) is 0 Å². The minimum absolute atomic E-state index is 0.0297. The maximum Gasteiger partial charge on any atom is 0.318 e. The lowest BCUT2D eigenvalue weighted by molar-refractivity contribution is -0.138. The van der Waals surface area contributed by atoms with Gasteiger partial charge in [0.2, 0.25) is 5.91 Å². The summed E-state index contributed by atoms with van der Waals surface area (Å²) >= 11 is 0. The Labute approximate surface area is 159 Å². The van der Waals surface area contributed by atoms with E-state index in [2.05, 4.69) is 22.3 Å². The first kappa shape index (κ1) is 18.9. The van der Waals surface area contributed by atoms with E-state index in [1.165, 1.54) is 6.33 Å². The van der Waals surface area contributed by atoms with E-state index in [1.807, 2.05) is 24.3 Å². The minimum atomic E-state index is -0.363. The standard InChI is InChI=1S/C19H26N6O2/c1-3-4-5-17-18(26)23(2)10-11-24(17)19(27)21-12-15-6-8-16(9-7-15)25-14-20-13-22-25/h6-9,13-14,17H,3-5,10-12H2,1-2H3,(H,21,27). The number of likely N-dealkylation sites (N-methyl/N-ethyl adjacent to an activating group) is 1. The van der Waals surface area contributed by atoms with E-state index in [-0.39, 0.29) is 18.0 Å². The molecule has 0 aliphatic carbocycles. The van der Waals surface area contributed by atoms with Gasteiger partial charge in [0.25, 0.3) is 0 Å². The van der Waals surface area contributed by atoms with Crippen molar-refractivity contribution in [1.82, 2.24) is 29.9 Å². The van der Waals surface area contributed by atoms with Crippen LogP contribution in [0.25, 0.3) is 5.69 Å². The molecule has 0 bridgehead atoms. The summed E-state index contributed by atoms with van der Waals surface area (Å²) in [4.78, 5) is 32.5. The van der Waals surface area contributed by atoms with Crippen molar-refractivity contribution in [3.8, 4) is 5.69 Å². The summed E-state index contributed by atoms with van der Waals surface area (Å²) in [5.41, 5.74) is 1.89. The van der Waals surface area contributed by atoms with E-state index in [0.717, 1.165) is 24.1 Å². The van der Waals surface area contributed by atoms with Gasteiger partial charge >= 0.3 is 6.03 Å². The fourth-order valence-electron chi connectivity index (χ4n) is 3.22. The maximum atomic E-state index is 12.7. The summed E-state index contributed by atoms with van der Waals surface area (Å²) in [6.45, 7) is 3.64. The van der Waals surface area contributed by atoms with E-state index in [0.29, 0.717) is 26.1 Å². The second-order valence-electron chi connectivity index (χ2n) is 6.78. The van der Waals surface area contributed by atoms with Crippen LogP contribution in [0.15, 0.2) is 36.9 Å². The highest BCUT2D eigenvalue weighted by atomic mass is 16.2. The van der Waals surface area contributed by atoms with E-state index in [9.17, 15) is 9.59 Å². The Bertz CT molecular complexity index is 759. The Kier molecular flexibility index (Phi) is 6.05. The molecular formula is C19H26N6O2. The molecular weight excluding hydrogens is 344 g/mol. The average molecular weight is 370 g/mol. The summed E-state index contributed by atoms with van der Waals surface area (Å²) in [5.74, 6) is 0.0297. The van der Waals surface area contributed by atoms with Crippen LogP contribution in [-0.4, -0.2) is 62.7 Å². The third kappa shape index (κ3) is 4.45. The zero-order valence-electron chi connectivity index (χ0n) is 15.8. The molecule has 3 rings (SSSR count). The SMILES string of the molecule is CCCCC1C(=O)N(C)CCN1C(=O)NCc1ccc(-n2cncn2)cc1. The number of urea groups is 1. The molecule has 1 unspecified atom stereocenters. The third-order valence-electron chi connectivity index (χ3n) is 4.87. The largest absolute Gasteiger partial charge is 0.342 e. The van der Waals surface area contributed by atoms with Crippen molar-refractivity contribution in [2.45, 2.75) is 38.8 Å². The van der Waals surface area contributed by atoms with Gasteiger partial charge in [-0.3, -0.25) is 4.79 Å². The molecule has 1 aromatic carbocycles. The number of carbonyl (C=O) groups excluding carboxylic acids is 2. The third-order valence-corrected chi connectivity index (χ3v) is 4.87. The van der Waals surface area contributed by atoms with Crippen LogP contribution in [0.4, 0.5) is 4.79 Å². The molecule has 1 aliphatic heterocycles. The fourth-order valence-corrected chi connectivity index (χ4v) is 3.22. The van der Waals surface area contributed by atoms with Crippen molar-refractivity contribution < 1.29 is 9.59 Å². The van der Waals surface area contributed by atoms with Crippen molar-refractivity contribution in [2.75, 3.05) is 20.1 Å². The number of hydrogen-bond acceptors (Lipinski definition) is 4. The normalized spacial score (nSPS) is 17.3. The summed E-state index contributed by atoms with van der Waals surface area (Å²) in [7, 11) is 1.80. The van der Waals surface area contributed by atoms with Crippen LogP contribution in [-0.2, 0) is 11.3 Å². The number of nitrogens with one attached hydrogen (secondary N) is 1. The molecule has 0 radical (unpaired) electrons. The first-order chi connectivity index (χ1) is 13.1. The molecule has 0 saturated carbocycles. The van der Waals surface area contributed by atoms with E-state index < -0.39 is 0 Å². The minimum Gasteiger partial charge on any atom is -0.342 e. The van der Waals surface area contributed by atoms with Crippen molar-refractivity contribution in [2.24, 2.45) is 0 Å². The quantitative estimate of drug-likeness (QED) is 0.841. The predicted molar refractivity (Wildman–Crippen MR) is 101 cm³/mol. The number of piperazine rings is 1. The molecule has 1 aromatic heterocycles. The van der Waals surface area contributed by atoms with Crippen LogP contribution < -0.4 is 5.32 Å². The second kappa shape index (κ2) is 8.66. The number of unbranched alkanes of at least 4 members (excludes halogenated alkanes) is 1. The van der Waals surface area contributed by atoms with Crippen molar-refractivity contribution >= 4 is 11.9 Å². The number of carbonyl (C=O) groups is 2. The monoisotopic (exact) mass is 370 g/mol. The first-order valence-electron chi connectivity index (χ1n) is 9.33. The van der Waals surface area contributed by atoms with Crippen LogP contribution in [0.3, 0.4) is 0 Å². The summed E-state index contributed by atoms with van der Waals surface area (Å²) in [6.07, 6.45) is 5.76. The molecule has 1 saturated heterocycles. The number of aromatic nitrogens is 3. The van der Waals surface area contributed by atoms with Gasteiger partial charge in [0.1, 0.15) is 18.7 Å². The van der Waals surface area contributed by atoms with Crippen LogP contribution in [0.2, 0.25) is 0 Å². The van der Waals surface area contributed by atoms with E-state index in [4.69, 9.17) is 0 Å². The Balaban J connectivity index is 1.59. The maximum absolute atomic E-state index is 12.7. The van der Waals surface area contributed by atoms with Gasteiger partial charge in [-0.15, -0.1) is 0 Å². The average Bonchev–Trinajstić information content (AvgIpc) is 3.22. The molecule has 2 aromatic rings. The highest BCUT2D eigenvalue weighted by Crippen LogP contribution is 2.16. The first-order valence-corrected chi connectivity index (χ1v) is 9.33. The Morgan fingerprint density at radius 2 is 2.04 bits per heavy atom. The molecule has 8 nitrogen and oxygen atoms in total. The topological polar surface area (TPSA) is 83.4 Å². The summed E-state index contributed by atoms with van der Waals surface area (Å²) < 4.78 is 1.68. The molecule has 1 N–H and O–H groups in total. The molecule has 1 atom stereocenters. The van der Waals surface area contributed by atoms with Gasteiger partial charge < -0.3 is 15.1 Å². The number of hydrogen-bond donors (Lipinski definition) is 1. The van der Waals surface area contributed by atoms with Crippen LogP contribution >= 0.6 is 0 Å². The van der Waals surface area contributed by atoms with Gasteiger partial charge in [-0.1, -0.05) is 31.9 Å². The zero-order chi connectivity index (χ0) is 19.2. The molecule has 2 heterocycles. The van der Waals surface area contributed by atoms with Crippen molar-refractivity contribution in [1.29, 1.82) is 0 Å². The van der Waals surface area contributed by atoms with Crippen molar-refractivity contribution in [3.63, 3.8) is 0 Å². The lowest BCUT2D eigenvalue weighted by atomic mass is 10.0. The Hall–Kier alpha value is -2.90. The Morgan fingerprint density at radius 1 is 1.26 bits per heavy atom. The highest BCUT2D eigenvalue weighted by molar-refractivity contribution is 5.88. The molecule has 27 heavy (non-hydrogen) atoms. The van der Waals surface area contributed by atoms with E-state index >= 15 is 0 Å². The molecule has 144 valence electrons. The van der Waals surface area contributed by atoms with Gasteiger partial charge in [0.05, 0.1) is 5.69 Å². The predicted octanol–water partition coefficient (Wildman–Crippen LogP) is 1.81. The van der Waals surface area contributed by atoms with Crippen molar-refractivity contribution in [3.05, 3.63) is 42.5 Å². The lowest BCUT2D eigenvalue weighted by Crippen LogP contribution is -2.59. The summed E-state index contributed by atoms with van der Waals surface area (Å²) in [6, 6.07) is 7.21. The lowest BCUT2D eigenvalue weighted by Gasteiger charge is -2.39. The molecule has 8 heteroatoms.